The van der Waals surface area contributed by atoms with E-state index in [4.69, 9.17) is 4.74 Å². The minimum absolute atomic E-state index is 0.382. The van der Waals surface area contributed by atoms with Crippen LogP contribution in [0.1, 0.15) is 24.0 Å². The Bertz CT molecular complexity index is 876. The molecule has 0 saturated heterocycles. The molecule has 1 aliphatic rings. The molecule has 1 N–H and O–H groups in total. The van der Waals surface area contributed by atoms with Gasteiger partial charge in [0, 0.05) is 0 Å². The van der Waals surface area contributed by atoms with Gasteiger partial charge in [0.15, 0.2) is 0 Å². The van der Waals surface area contributed by atoms with Crippen LogP contribution in [0.25, 0.3) is 22.6 Å². The van der Waals surface area contributed by atoms with Crippen LogP contribution in [0.5, 0.6) is 5.75 Å². The van der Waals surface area contributed by atoms with Crippen LogP contribution in [-0.2, 0) is 0 Å². The van der Waals surface area contributed by atoms with Crippen LogP contribution < -0.4 is 4.74 Å². The summed E-state index contributed by atoms with van der Waals surface area (Å²) >= 11 is 0. The first kappa shape index (κ1) is 14.0. The van der Waals surface area contributed by atoms with Crippen LogP contribution >= 0.6 is 0 Å². The van der Waals surface area contributed by atoms with Crippen molar-refractivity contribution in [1.82, 2.24) is 10.2 Å². The number of methoxy groups -OCH3 is 1. The van der Waals surface area contributed by atoms with Crippen molar-refractivity contribution in [3.63, 3.8) is 0 Å². The Morgan fingerprint density at radius 2 is 2.00 bits per heavy atom. The monoisotopic (exact) mass is 308 g/mol. The van der Waals surface area contributed by atoms with Gasteiger partial charge in [-0.2, -0.15) is 9.49 Å². The molecule has 1 saturated carbocycles. The molecule has 0 bridgehead atoms. The van der Waals surface area contributed by atoms with Crippen LogP contribution in [0.2, 0.25) is 0 Å². The van der Waals surface area contributed by atoms with Crippen molar-refractivity contribution in [1.29, 1.82) is 0 Å². The minimum Gasteiger partial charge on any atom is -0.497 e. The molecule has 0 atom stereocenters. The molecule has 2 aromatic carbocycles. The second-order valence-corrected chi connectivity index (χ2v) is 5.92. The van der Waals surface area contributed by atoms with E-state index < -0.39 is 0 Å². The molecule has 0 radical (unpaired) electrons. The molecule has 3 nitrogen and oxygen atoms in total. The number of rotatable bonds is 4. The number of nitrogens with one attached hydrogen (secondary N) is 1. The molecule has 4 rings (SSSR count). The van der Waals surface area contributed by atoms with E-state index in [1.165, 1.54) is 24.0 Å². The number of halogens is 1. The number of benzene rings is 2. The lowest BCUT2D eigenvalue weighted by molar-refractivity contribution is 0.415. The maximum Gasteiger partial charge on any atom is 0.216 e. The van der Waals surface area contributed by atoms with Crippen molar-refractivity contribution in [2.24, 2.45) is 5.92 Å². The van der Waals surface area contributed by atoms with Gasteiger partial charge in [0.1, 0.15) is 5.75 Å². The van der Waals surface area contributed by atoms with Gasteiger partial charge in [-0.05, 0) is 59.7 Å². The highest BCUT2D eigenvalue weighted by molar-refractivity contribution is 5.88. The van der Waals surface area contributed by atoms with Crippen LogP contribution in [0.4, 0.5) is 4.39 Å². The molecule has 3 aromatic rings. The van der Waals surface area contributed by atoms with Gasteiger partial charge in [-0.1, -0.05) is 24.3 Å². The summed E-state index contributed by atoms with van der Waals surface area (Å²) in [5.41, 5.74) is 4.14. The van der Waals surface area contributed by atoms with Crippen LogP contribution in [-0.4, -0.2) is 17.3 Å². The van der Waals surface area contributed by atoms with Crippen molar-refractivity contribution < 1.29 is 9.13 Å². The number of allylic oxidation sites excluding steroid dienone is 1. The summed E-state index contributed by atoms with van der Waals surface area (Å²) in [5, 5.41) is 6.85. The zero-order valence-corrected chi connectivity index (χ0v) is 12.8. The Morgan fingerprint density at radius 3 is 2.70 bits per heavy atom. The van der Waals surface area contributed by atoms with Crippen molar-refractivity contribution in [3.05, 3.63) is 59.5 Å². The number of hydrogen-bond donors (Lipinski definition) is 1. The van der Waals surface area contributed by atoms with E-state index in [-0.39, 0.29) is 5.95 Å². The summed E-state index contributed by atoms with van der Waals surface area (Å²) in [4.78, 5) is 0. The molecular formula is C19H17FN2O. The molecule has 0 unspecified atom stereocenters. The predicted octanol–water partition coefficient (Wildman–Crippen LogP) is 4.66. The molecule has 1 aliphatic carbocycles. The number of H-pyrrole nitrogens is 1. The Balaban J connectivity index is 1.75. The van der Waals surface area contributed by atoms with E-state index in [1.807, 2.05) is 30.3 Å². The third-order valence-corrected chi connectivity index (χ3v) is 4.29. The van der Waals surface area contributed by atoms with Crippen molar-refractivity contribution in [3.8, 4) is 5.75 Å². The largest absolute Gasteiger partial charge is 0.497 e. The first-order valence-electron chi connectivity index (χ1n) is 7.74. The first-order chi connectivity index (χ1) is 11.2. The second kappa shape index (κ2) is 5.54. The maximum absolute atomic E-state index is 13.7. The van der Waals surface area contributed by atoms with Gasteiger partial charge in [-0.15, -0.1) is 0 Å². The molecule has 116 valence electrons. The zero-order chi connectivity index (χ0) is 15.8. The standard InChI is InChI=1S/C19H17FN2O/c1-23-15-7-5-14(6-8-15)16(13-3-4-13)10-12-2-9-18-17(11-12)19(20)22-21-18/h2,5-11,13H,3-4H2,1H3,(H,21,22)/b16-10+. The molecular weight excluding hydrogens is 291 g/mol. The average molecular weight is 308 g/mol. The molecule has 1 heterocycles. The van der Waals surface area contributed by atoms with E-state index in [0.29, 0.717) is 16.8 Å². The quantitative estimate of drug-likeness (QED) is 0.712. The Morgan fingerprint density at radius 1 is 1.22 bits per heavy atom. The summed E-state index contributed by atoms with van der Waals surface area (Å²) in [6.45, 7) is 0. The van der Waals surface area contributed by atoms with Crippen molar-refractivity contribution in [2.45, 2.75) is 12.8 Å². The number of nitrogens with zero attached hydrogens (tertiary/aromatic N) is 1. The van der Waals surface area contributed by atoms with Crippen LogP contribution in [0.15, 0.2) is 42.5 Å². The van der Waals surface area contributed by atoms with Crippen LogP contribution in [0.3, 0.4) is 0 Å². The number of hydrogen-bond acceptors (Lipinski definition) is 2. The summed E-state index contributed by atoms with van der Waals surface area (Å²) in [6.07, 6.45) is 4.58. The molecule has 1 fully saturated rings. The van der Waals surface area contributed by atoms with Gasteiger partial charge in [0.25, 0.3) is 0 Å². The highest BCUT2D eigenvalue weighted by atomic mass is 19.1. The molecule has 0 spiro atoms. The average Bonchev–Trinajstić information content (AvgIpc) is 3.37. The Labute approximate surface area is 133 Å². The molecule has 4 heteroatoms. The van der Waals surface area contributed by atoms with E-state index >= 15 is 0 Å². The van der Waals surface area contributed by atoms with Gasteiger partial charge in [-0.3, -0.25) is 5.10 Å². The van der Waals surface area contributed by atoms with Gasteiger partial charge < -0.3 is 4.74 Å². The highest BCUT2D eigenvalue weighted by Gasteiger charge is 2.26. The lowest BCUT2D eigenvalue weighted by Crippen LogP contribution is -1.89. The van der Waals surface area contributed by atoms with Gasteiger partial charge in [0.2, 0.25) is 5.95 Å². The smallest absolute Gasteiger partial charge is 0.216 e. The number of fused-ring (bicyclic) bond motifs is 1. The first-order valence-corrected chi connectivity index (χ1v) is 7.74. The topological polar surface area (TPSA) is 37.9 Å². The lowest BCUT2D eigenvalue weighted by atomic mass is 9.98. The van der Waals surface area contributed by atoms with Crippen molar-refractivity contribution in [2.75, 3.05) is 7.11 Å². The third kappa shape index (κ3) is 2.72. The minimum atomic E-state index is -0.382. The fourth-order valence-electron chi connectivity index (χ4n) is 2.88. The van der Waals surface area contributed by atoms with E-state index in [2.05, 4.69) is 28.4 Å². The van der Waals surface area contributed by atoms with E-state index in [9.17, 15) is 4.39 Å². The number of ether oxygens (including phenoxy) is 1. The SMILES string of the molecule is COc1ccc(/C(=C/c2ccc3n[nH]c(F)c3c2)C2CC2)cc1. The highest BCUT2D eigenvalue weighted by Crippen LogP contribution is 2.43. The predicted molar refractivity (Wildman–Crippen MR) is 89.6 cm³/mol. The van der Waals surface area contributed by atoms with Gasteiger partial charge in [-0.25, -0.2) is 0 Å². The Hall–Kier alpha value is -2.62. The Kier molecular flexibility index (Phi) is 3.37. The molecule has 0 amide bonds. The molecule has 1 aromatic heterocycles. The zero-order valence-electron chi connectivity index (χ0n) is 12.8. The summed E-state index contributed by atoms with van der Waals surface area (Å²) < 4.78 is 18.9. The summed E-state index contributed by atoms with van der Waals surface area (Å²) in [7, 11) is 1.67. The van der Waals surface area contributed by atoms with E-state index in [1.54, 1.807) is 7.11 Å². The van der Waals surface area contributed by atoms with E-state index in [0.717, 1.165) is 11.3 Å². The second-order valence-electron chi connectivity index (χ2n) is 5.92. The maximum atomic E-state index is 13.7. The number of aromatic nitrogens is 2. The van der Waals surface area contributed by atoms with Crippen LogP contribution in [0, 0.1) is 11.9 Å². The lowest BCUT2D eigenvalue weighted by Gasteiger charge is -2.08. The normalized spacial score (nSPS) is 15.1. The fraction of sp³-hybridized carbons (Fsp3) is 0.211. The summed E-state index contributed by atoms with van der Waals surface area (Å²) in [5.74, 6) is 1.06. The van der Waals surface area contributed by atoms with Crippen molar-refractivity contribution >= 4 is 22.6 Å². The number of aromatic amines is 1. The summed E-state index contributed by atoms with van der Waals surface area (Å²) in [6, 6.07) is 13.8. The third-order valence-electron chi connectivity index (χ3n) is 4.29. The molecule has 23 heavy (non-hydrogen) atoms. The fourth-order valence-corrected chi connectivity index (χ4v) is 2.88. The van der Waals surface area contributed by atoms with Gasteiger partial charge >= 0.3 is 0 Å². The van der Waals surface area contributed by atoms with Gasteiger partial charge in [0.05, 0.1) is 18.0 Å². The molecule has 0 aliphatic heterocycles.